The predicted octanol–water partition coefficient (Wildman–Crippen LogP) is 5.33. The van der Waals surface area contributed by atoms with Crippen molar-refractivity contribution in [1.29, 1.82) is 0 Å². The summed E-state index contributed by atoms with van der Waals surface area (Å²) in [5, 5.41) is 13.9. The first kappa shape index (κ1) is 29.8. The summed E-state index contributed by atoms with van der Waals surface area (Å²) in [6, 6.07) is 21.3. The van der Waals surface area contributed by atoms with Crippen LogP contribution in [0.25, 0.3) is 16.9 Å². The molecule has 3 N–H and O–H groups in total. The molecule has 10 nitrogen and oxygen atoms in total. The molecule has 0 saturated heterocycles. The monoisotopic (exact) mass is 582 g/mol. The van der Waals surface area contributed by atoms with E-state index in [1.807, 2.05) is 55.5 Å². The maximum atomic E-state index is 13.6. The van der Waals surface area contributed by atoms with Gasteiger partial charge in [-0.3, -0.25) is 10.1 Å². The number of ether oxygens (including phenoxy) is 2. The van der Waals surface area contributed by atoms with E-state index in [1.165, 1.54) is 12.7 Å². The number of nitrogens with one attached hydrogen (secondary N) is 3. The van der Waals surface area contributed by atoms with Crippen LogP contribution in [0.15, 0.2) is 72.9 Å². The van der Waals surface area contributed by atoms with Crippen LogP contribution in [0.3, 0.4) is 0 Å². The molecule has 224 valence electrons. The van der Waals surface area contributed by atoms with Crippen LogP contribution < -0.4 is 20.7 Å². The van der Waals surface area contributed by atoms with Crippen molar-refractivity contribution in [3.05, 3.63) is 89.6 Å². The molecule has 0 bridgehead atoms. The highest BCUT2D eigenvalue weighted by molar-refractivity contribution is 5.97. The first-order valence-electron chi connectivity index (χ1n) is 14.5. The van der Waals surface area contributed by atoms with Gasteiger partial charge in [-0.25, -0.2) is 14.5 Å². The van der Waals surface area contributed by atoms with Crippen LogP contribution in [0.2, 0.25) is 0 Å². The number of methoxy groups -OCH3 is 2. The quantitative estimate of drug-likeness (QED) is 0.233. The van der Waals surface area contributed by atoms with E-state index in [0.29, 0.717) is 35.2 Å². The van der Waals surface area contributed by atoms with Gasteiger partial charge < -0.3 is 20.1 Å². The summed E-state index contributed by atoms with van der Waals surface area (Å²) in [7, 11) is 4.74. The molecule has 1 fully saturated rings. The lowest BCUT2D eigenvalue weighted by atomic mass is 9.93. The molecule has 4 aromatic rings. The number of amides is 3. The molecular weight excluding hydrogens is 544 g/mol. The van der Waals surface area contributed by atoms with Crippen molar-refractivity contribution in [2.24, 2.45) is 5.92 Å². The van der Waals surface area contributed by atoms with Gasteiger partial charge in [-0.2, -0.15) is 5.10 Å². The molecule has 0 radical (unpaired) electrons. The zero-order valence-corrected chi connectivity index (χ0v) is 25.0. The van der Waals surface area contributed by atoms with Gasteiger partial charge in [0.1, 0.15) is 11.4 Å². The molecule has 3 amide bonds. The Morgan fingerprint density at radius 3 is 2.42 bits per heavy atom. The molecule has 2 aromatic carbocycles. The Balaban J connectivity index is 1.46. The fraction of sp³-hybridized carbons (Fsp3) is 0.333. The first-order chi connectivity index (χ1) is 20.9. The molecule has 2 aromatic heterocycles. The molecule has 2 heterocycles. The Labute approximate surface area is 251 Å². The van der Waals surface area contributed by atoms with E-state index in [9.17, 15) is 9.59 Å². The Bertz CT molecular complexity index is 1560. The third kappa shape index (κ3) is 6.54. The number of para-hydroxylation sites is 1. The number of urea groups is 1. The largest absolute Gasteiger partial charge is 0.480 e. The lowest BCUT2D eigenvalue weighted by molar-refractivity contribution is 0.0959. The molecule has 1 aliphatic rings. The molecule has 0 aliphatic heterocycles. The SMILES string of the molecule is CNC(=O)c1cc(-c2nn(-c3ccccc3)c(NC(=O)N[C@@H]3C[C@@H](CCOC)C[C@H]3c3ccccc3)c2C)cnc1OC. The third-order valence-electron chi connectivity index (χ3n) is 8.08. The van der Waals surface area contributed by atoms with Gasteiger partial charge in [0.05, 0.1) is 18.5 Å². The fourth-order valence-corrected chi connectivity index (χ4v) is 5.92. The summed E-state index contributed by atoms with van der Waals surface area (Å²) in [4.78, 5) is 30.5. The summed E-state index contributed by atoms with van der Waals surface area (Å²) in [6.45, 7) is 2.59. The third-order valence-corrected chi connectivity index (χ3v) is 8.08. The van der Waals surface area contributed by atoms with Crippen molar-refractivity contribution >= 4 is 17.8 Å². The second-order valence-electron chi connectivity index (χ2n) is 10.8. The average molecular weight is 583 g/mol. The van der Waals surface area contributed by atoms with Crippen LogP contribution in [0, 0.1) is 12.8 Å². The second-order valence-corrected chi connectivity index (χ2v) is 10.8. The molecule has 0 spiro atoms. The van der Waals surface area contributed by atoms with Crippen molar-refractivity contribution < 1.29 is 19.1 Å². The number of hydrogen-bond donors (Lipinski definition) is 3. The number of hydrogen-bond acceptors (Lipinski definition) is 6. The molecule has 0 unspecified atom stereocenters. The Kier molecular flexibility index (Phi) is 9.36. The van der Waals surface area contributed by atoms with E-state index in [2.05, 4.69) is 33.1 Å². The Morgan fingerprint density at radius 2 is 1.74 bits per heavy atom. The number of carbonyl (C=O) groups excluding carboxylic acids is 2. The van der Waals surface area contributed by atoms with Gasteiger partial charge in [0.15, 0.2) is 0 Å². The highest BCUT2D eigenvalue weighted by Gasteiger charge is 2.36. The summed E-state index contributed by atoms with van der Waals surface area (Å²) < 4.78 is 12.4. The minimum atomic E-state index is -0.322. The van der Waals surface area contributed by atoms with Crippen LogP contribution >= 0.6 is 0 Å². The molecule has 5 rings (SSSR count). The fourth-order valence-electron chi connectivity index (χ4n) is 5.92. The van der Waals surface area contributed by atoms with E-state index >= 15 is 0 Å². The zero-order valence-electron chi connectivity index (χ0n) is 25.0. The van der Waals surface area contributed by atoms with Gasteiger partial charge in [-0.05, 0) is 55.9 Å². The summed E-state index contributed by atoms with van der Waals surface area (Å²) in [5.74, 6) is 1.08. The number of carbonyl (C=O) groups is 2. The Morgan fingerprint density at radius 1 is 1.02 bits per heavy atom. The van der Waals surface area contributed by atoms with Crippen molar-refractivity contribution in [1.82, 2.24) is 25.4 Å². The predicted molar refractivity (Wildman–Crippen MR) is 166 cm³/mol. The number of rotatable bonds is 10. The zero-order chi connectivity index (χ0) is 30.3. The van der Waals surface area contributed by atoms with Gasteiger partial charge in [0.25, 0.3) is 5.91 Å². The van der Waals surface area contributed by atoms with Crippen LogP contribution in [0.1, 0.15) is 46.7 Å². The van der Waals surface area contributed by atoms with E-state index in [-0.39, 0.29) is 29.8 Å². The van der Waals surface area contributed by atoms with E-state index in [0.717, 1.165) is 30.5 Å². The molecule has 3 atom stereocenters. The van der Waals surface area contributed by atoms with Gasteiger partial charge in [-0.15, -0.1) is 0 Å². The maximum Gasteiger partial charge on any atom is 0.320 e. The van der Waals surface area contributed by atoms with Crippen LogP contribution in [-0.4, -0.2) is 60.6 Å². The second kappa shape index (κ2) is 13.5. The number of benzene rings is 2. The standard InChI is InChI=1S/C33H38N6O4/c1-21-29(24-19-27(31(40)34-2)32(43-4)35-20-24)38-39(25-13-9-6-10-14-25)30(21)37-33(41)36-28-18-22(15-16-42-3)17-26(28)23-11-7-5-8-12-23/h5-14,19-20,22,26,28H,15-18H2,1-4H3,(H,34,40)(H2,36,37,41)/t22-,26-,28+/m0/s1. The van der Waals surface area contributed by atoms with Crippen molar-refractivity contribution in [2.45, 2.75) is 38.1 Å². The smallest absolute Gasteiger partial charge is 0.320 e. The molecule has 10 heteroatoms. The summed E-state index contributed by atoms with van der Waals surface area (Å²) >= 11 is 0. The first-order valence-corrected chi connectivity index (χ1v) is 14.5. The molecule has 1 saturated carbocycles. The van der Waals surface area contributed by atoms with E-state index in [4.69, 9.17) is 14.6 Å². The normalized spacial score (nSPS) is 17.8. The van der Waals surface area contributed by atoms with E-state index < -0.39 is 0 Å². The van der Waals surface area contributed by atoms with Crippen molar-refractivity contribution in [3.8, 4) is 22.8 Å². The van der Waals surface area contributed by atoms with Crippen LogP contribution in [0.5, 0.6) is 5.88 Å². The minimum absolute atomic E-state index is 0.0296. The lowest BCUT2D eigenvalue weighted by Crippen LogP contribution is -2.40. The van der Waals surface area contributed by atoms with Crippen LogP contribution in [-0.2, 0) is 4.74 Å². The number of anilines is 1. The molecule has 1 aliphatic carbocycles. The average Bonchev–Trinajstić information content (AvgIpc) is 3.60. The number of aromatic nitrogens is 3. The van der Waals surface area contributed by atoms with Crippen molar-refractivity contribution in [3.63, 3.8) is 0 Å². The topological polar surface area (TPSA) is 119 Å². The van der Waals surface area contributed by atoms with Crippen LogP contribution in [0.4, 0.5) is 10.6 Å². The number of nitrogens with zero attached hydrogens (tertiary/aromatic N) is 3. The van der Waals surface area contributed by atoms with Gasteiger partial charge in [0.2, 0.25) is 5.88 Å². The molecular formula is C33H38N6O4. The summed E-state index contributed by atoms with van der Waals surface area (Å²) in [6.07, 6.45) is 4.43. The number of pyridine rings is 1. The van der Waals surface area contributed by atoms with Gasteiger partial charge in [-0.1, -0.05) is 48.5 Å². The highest BCUT2D eigenvalue weighted by atomic mass is 16.5. The minimum Gasteiger partial charge on any atom is -0.480 e. The van der Waals surface area contributed by atoms with E-state index in [1.54, 1.807) is 31.1 Å². The highest BCUT2D eigenvalue weighted by Crippen LogP contribution is 2.40. The maximum absolute atomic E-state index is 13.6. The van der Waals surface area contributed by atoms with Gasteiger partial charge in [0, 0.05) is 50.0 Å². The van der Waals surface area contributed by atoms with Gasteiger partial charge >= 0.3 is 6.03 Å². The Hall–Kier alpha value is -4.70. The molecule has 43 heavy (non-hydrogen) atoms. The van der Waals surface area contributed by atoms with Crippen molar-refractivity contribution in [2.75, 3.05) is 33.2 Å². The lowest BCUT2D eigenvalue weighted by Gasteiger charge is -2.22. The summed E-state index contributed by atoms with van der Waals surface area (Å²) in [5.41, 5.74) is 4.23.